The average Bonchev–Trinajstić information content (AvgIpc) is 3.27. The Balaban J connectivity index is 1.57. The Bertz CT molecular complexity index is 1190. The summed E-state index contributed by atoms with van der Waals surface area (Å²) in [5.41, 5.74) is 2.89. The number of aliphatic hydroxyl groups excluding tert-OH is 1. The van der Waals surface area contributed by atoms with Crippen molar-refractivity contribution in [1.82, 2.24) is 10.3 Å². The van der Waals surface area contributed by atoms with Gasteiger partial charge in [0.25, 0.3) is 5.91 Å². The first-order chi connectivity index (χ1) is 14.4. The van der Waals surface area contributed by atoms with Crippen LogP contribution in [0.15, 0.2) is 48.5 Å². The number of benzene rings is 2. The van der Waals surface area contributed by atoms with Crippen LogP contribution >= 0.6 is 0 Å². The second-order valence-corrected chi connectivity index (χ2v) is 9.92. The second-order valence-electron chi connectivity index (χ2n) is 7.70. The van der Waals surface area contributed by atoms with Crippen LogP contribution in [0.2, 0.25) is 0 Å². The fourth-order valence-corrected chi connectivity index (χ4v) is 5.84. The molecule has 0 fully saturated rings. The van der Waals surface area contributed by atoms with Gasteiger partial charge in [-0.3, -0.25) is 4.79 Å². The number of nitrogens with one attached hydrogen (secondary N) is 2. The Morgan fingerprint density at radius 1 is 1.20 bits per heavy atom. The number of carbonyl (C=O) groups excluding carboxylic acids is 1. The SMILES string of the molecule is O=C(N[C@@H]1Cc2ccccc2[C@H]1CS(=O)(=O)CCCO)c1cc2cc(F)ccc2[nH]1. The summed E-state index contributed by atoms with van der Waals surface area (Å²) in [6, 6.07) is 13.1. The first-order valence-corrected chi connectivity index (χ1v) is 11.7. The number of amides is 1. The number of carbonyl (C=O) groups is 1. The van der Waals surface area contributed by atoms with Gasteiger partial charge < -0.3 is 15.4 Å². The van der Waals surface area contributed by atoms with Gasteiger partial charge in [0, 0.05) is 29.5 Å². The first kappa shape index (κ1) is 20.6. The van der Waals surface area contributed by atoms with Crippen LogP contribution in [0, 0.1) is 5.82 Å². The molecule has 6 nitrogen and oxygen atoms in total. The van der Waals surface area contributed by atoms with Crippen LogP contribution in [0.25, 0.3) is 10.9 Å². The van der Waals surface area contributed by atoms with Crippen molar-refractivity contribution in [1.29, 1.82) is 0 Å². The molecule has 8 heteroatoms. The Morgan fingerprint density at radius 2 is 2.00 bits per heavy atom. The van der Waals surface area contributed by atoms with E-state index in [9.17, 15) is 17.6 Å². The highest BCUT2D eigenvalue weighted by atomic mass is 32.2. The van der Waals surface area contributed by atoms with Crippen LogP contribution < -0.4 is 5.32 Å². The van der Waals surface area contributed by atoms with Gasteiger partial charge in [0.1, 0.15) is 11.5 Å². The van der Waals surface area contributed by atoms with Gasteiger partial charge in [-0.05, 0) is 48.2 Å². The smallest absolute Gasteiger partial charge is 0.267 e. The summed E-state index contributed by atoms with van der Waals surface area (Å²) < 4.78 is 38.5. The summed E-state index contributed by atoms with van der Waals surface area (Å²) in [6.07, 6.45) is 0.732. The molecule has 0 saturated carbocycles. The topological polar surface area (TPSA) is 99.3 Å². The minimum absolute atomic E-state index is 0.0869. The van der Waals surface area contributed by atoms with E-state index >= 15 is 0 Å². The normalized spacial score (nSPS) is 18.5. The maximum atomic E-state index is 13.4. The van der Waals surface area contributed by atoms with Gasteiger partial charge in [0.2, 0.25) is 0 Å². The highest BCUT2D eigenvalue weighted by Crippen LogP contribution is 2.35. The van der Waals surface area contributed by atoms with Crippen LogP contribution in [0.1, 0.15) is 34.0 Å². The van der Waals surface area contributed by atoms with Gasteiger partial charge in [0.15, 0.2) is 9.84 Å². The van der Waals surface area contributed by atoms with Crippen molar-refractivity contribution in [2.75, 3.05) is 18.1 Å². The van der Waals surface area contributed by atoms with Gasteiger partial charge in [-0.15, -0.1) is 0 Å². The number of sulfone groups is 1. The molecule has 1 heterocycles. The summed E-state index contributed by atoms with van der Waals surface area (Å²) in [7, 11) is -3.39. The van der Waals surface area contributed by atoms with Crippen molar-refractivity contribution in [2.45, 2.75) is 24.8 Å². The monoisotopic (exact) mass is 430 g/mol. The molecule has 2 atom stereocenters. The summed E-state index contributed by atoms with van der Waals surface area (Å²) in [6.45, 7) is -0.179. The molecule has 1 aliphatic rings. The molecule has 2 aromatic carbocycles. The molecule has 0 spiro atoms. The number of aliphatic hydroxyl groups is 1. The van der Waals surface area contributed by atoms with Crippen molar-refractivity contribution >= 4 is 26.6 Å². The number of aromatic amines is 1. The maximum absolute atomic E-state index is 13.4. The van der Waals surface area contributed by atoms with Crippen molar-refractivity contribution in [3.05, 3.63) is 71.2 Å². The summed E-state index contributed by atoms with van der Waals surface area (Å²) in [5, 5.41) is 12.5. The number of hydrogen-bond donors (Lipinski definition) is 3. The van der Waals surface area contributed by atoms with Gasteiger partial charge in [-0.1, -0.05) is 24.3 Å². The third-order valence-corrected chi connectivity index (χ3v) is 7.35. The molecule has 3 aromatic rings. The van der Waals surface area contributed by atoms with E-state index in [-0.39, 0.29) is 48.2 Å². The van der Waals surface area contributed by atoms with Crippen molar-refractivity contribution in [3.8, 4) is 0 Å². The molecule has 0 saturated heterocycles. The van der Waals surface area contributed by atoms with Gasteiger partial charge in [0.05, 0.1) is 11.5 Å². The molecule has 0 aliphatic heterocycles. The zero-order chi connectivity index (χ0) is 21.3. The molecule has 0 radical (unpaired) electrons. The molecule has 158 valence electrons. The summed E-state index contributed by atoms with van der Waals surface area (Å²) in [4.78, 5) is 15.9. The highest BCUT2D eigenvalue weighted by Gasteiger charge is 2.36. The fraction of sp³-hybridized carbons (Fsp3) is 0.318. The molecule has 1 amide bonds. The zero-order valence-corrected chi connectivity index (χ0v) is 17.1. The molecule has 3 N–H and O–H groups in total. The van der Waals surface area contributed by atoms with E-state index in [1.165, 1.54) is 12.1 Å². The number of aromatic nitrogens is 1. The van der Waals surface area contributed by atoms with E-state index in [2.05, 4.69) is 10.3 Å². The Hall–Kier alpha value is -2.71. The number of rotatable bonds is 7. The third kappa shape index (κ3) is 4.24. The summed E-state index contributed by atoms with van der Waals surface area (Å²) in [5.74, 6) is -1.28. The van der Waals surface area contributed by atoms with Crippen molar-refractivity contribution < 1.29 is 22.7 Å². The van der Waals surface area contributed by atoms with Crippen LogP contribution in [0.4, 0.5) is 4.39 Å². The maximum Gasteiger partial charge on any atom is 0.267 e. The number of H-pyrrole nitrogens is 1. The average molecular weight is 431 g/mol. The Morgan fingerprint density at radius 3 is 2.80 bits per heavy atom. The molecule has 1 aromatic heterocycles. The van der Waals surface area contributed by atoms with E-state index in [0.29, 0.717) is 23.0 Å². The first-order valence-electron chi connectivity index (χ1n) is 9.84. The Kier molecular flexibility index (Phi) is 5.62. The molecule has 4 rings (SSSR count). The Labute approximate surface area is 174 Å². The molecule has 1 aliphatic carbocycles. The number of halogens is 1. The quantitative estimate of drug-likeness (QED) is 0.536. The molecule has 0 unspecified atom stereocenters. The number of hydrogen-bond acceptors (Lipinski definition) is 4. The lowest BCUT2D eigenvalue weighted by Crippen LogP contribution is -2.40. The van der Waals surface area contributed by atoms with Crippen molar-refractivity contribution in [3.63, 3.8) is 0 Å². The second kappa shape index (κ2) is 8.20. The molecular formula is C22H23FN2O4S. The fourth-order valence-electron chi connectivity index (χ4n) is 4.15. The van der Waals surface area contributed by atoms with E-state index in [4.69, 9.17) is 5.11 Å². The predicted molar refractivity (Wildman–Crippen MR) is 113 cm³/mol. The van der Waals surface area contributed by atoms with E-state index in [1.54, 1.807) is 12.1 Å². The predicted octanol–water partition coefficient (Wildman–Crippen LogP) is 2.54. The lowest BCUT2D eigenvalue weighted by Gasteiger charge is -2.21. The lowest BCUT2D eigenvalue weighted by atomic mass is 10.0. The van der Waals surface area contributed by atoms with Crippen LogP contribution in [0.5, 0.6) is 0 Å². The molecule has 0 bridgehead atoms. The number of fused-ring (bicyclic) bond motifs is 2. The van der Waals surface area contributed by atoms with Crippen LogP contribution in [-0.4, -0.2) is 48.6 Å². The van der Waals surface area contributed by atoms with E-state index in [1.807, 2.05) is 24.3 Å². The highest BCUT2D eigenvalue weighted by molar-refractivity contribution is 7.91. The largest absolute Gasteiger partial charge is 0.396 e. The van der Waals surface area contributed by atoms with Gasteiger partial charge in [-0.25, -0.2) is 12.8 Å². The van der Waals surface area contributed by atoms with Crippen LogP contribution in [-0.2, 0) is 16.3 Å². The molecular weight excluding hydrogens is 407 g/mol. The standard InChI is InChI=1S/C22H23FN2O4S/c23-16-6-7-19-15(10-16)12-21(24-19)22(27)25-20-11-14-4-1-2-5-17(14)18(20)13-30(28,29)9-3-8-26/h1-2,4-7,10,12,18,20,24,26H,3,8-9,11,13H2,(H,25,27)/t18-,20-/m1/s1. The molecule has 30 heavy (non-hydrogen) atoms. The lowest BCUT2D eigenvalue weighted by molar-refractivity contribution is 0.0930. The van der Waals surface area contributed by atoms with Gasteiger partial charge in [-0.2, -0.15) is 0 Å². The van der Waals surface area contributed by atoms with E-state index < -0.39 is 9.84 Å². The third-order valence-electron chi connectivity index (χ3n) is 5.57. The summed E-state index contributed by atoms with van der Waals surface area (Å²) >= 11 is 0. The minimum Gasteiger partial charge on any atom is -0.396 e. The minimum atomic E-state index is -3.39. The zero-order valence-electron chi connectivity index (χ0n) is 16.3. The van der Waals surface area contributed by atoms with E-state index in [0.717, 1.165) is 11.1 Å². The van der Waals surface area contributed by atoms with Gasteiger partial charge >= 0.3 is 0 Å². The van der Waals surface area contributed by atoms with Crippen LogP contribution in [0.3, 0.4) is 0 Å². The van der Waals surface area contributed by atoms with Crippen molar-refractivity contribution in [2.24, 2.45) is 0 Å².